The minimum atomic E-state index is -0.699. The van der Waals surface area contributed by atoms with Crippen molar-refractivity contribution in [3.8, 4) is 11.1 Å². The van der Waals surface area contributed by atoms with E-state index in [1.807, 2.05) is 12.1 Å². The van der Waals surface area contributed by atoms with Crippen molar-refractivity contribution in [3.63, 3.8) is 0 Å². The first kappa shape index (κ1) is 23.1. The molecule has 0 saturated carbocycles. The minimum absolute atomic E-state index is 0.151. The Morgan fingerprint density at radius 1 is 0.571 bits per heavy atom. The van der Waals surface area contributed by atoms with Crippen molar-refractivity contribution in [2.24, 2.45) is 11.5 Å². The number of benzene rings is 4. The van der Waals surface area contributed by atoms with Gasteiger partial charge in [0.05, 0.1) is 11.3 Å². The number of primary amides is 2. The molecule has 0 bridgehead atoms. The van der Waals surface area contributed by atoms with Gasteiger partial charge in [0.1, 0.15) is 0 Å². The highest BCUT2D eigenvalue weighted by molar-refractivity contribution is 6.14. The molecule has 4 aromatic rings. The molecule has 0 heterocycles. The summed E-state index contributed by atoms with van der Waals surface area (Å²) in [7, 11) is 0. The van der Waals surface area contributed by atoms with Gasteiger partial charge in [-0.15, -0.1) is 0 Å². The quantitative estimate of drug-likeness (QED) is 0.319. The van der Waals surface area contributed by atoms with Crippen LogP contribution >= 0.6 is 0 Å². The summed E-state index contributed by atoms with van der Waals surface area (Å²) >= 11 is 0. The number of rotatable bonds is 6. The summed E-state index contributed by atoms with van der Waals surface area (Å²) in [5.74, 6) is -1.74. The summed E-state index contributed by atoms with van der Waals surface area (Å²) in [5.41, 5.74) is 26.9. The van der Waals surface area contributed by atoms with Gasteiger partial charge in [0.25, 0.3) is 11.8 Å². The molecule has 0 aliphatic rings. The molecule has 0 aliphatic carbocycles. The minimum Gasteiger partial charge on any atom is -0.399 e. The molecular weight excluding hydrogens is 442 g/mol. The number of anilines is 4. The molecule has 8 heteroatoms. The molecule has 174 valence electrons. The van der Waals surface area contributed by atoms with Crippen LogP contribution in [0.2, 0.25) is 0 Å². The Balaban J connectivity index is 1.86. The molecule has 0 atom stereocenters. The summed E-state index contributed by atoms with van der Waals surface area (Å²) < 4.78 is 0. The monoisotopic (exact) mass is 465 g/mol. The maximum atomic E-state index is 13.7. The number of hydrogen-bond acceptors (Lipinski definition) is 5. The smallest absolute Gasteiger partial charge is 0.262 e. The van der Waals surface area contributed by atoms with E-state index in [4.69, 9.17) is 22.9 Å². The summed E-state index contributed by atoms with van der Waals surface area (Å²) in [5, 5.41) is 0. The summed E-state index contributed by atoms with van der Waals surface area (Å²) in [6.45, 7) is 0. The van der Waals surface area contributed by atoms with Crippen molar-refractivity contribution in [3.05, 3.63) is 108 Å². The SMILES string of the molecule is NC(=O)c1ccc(C(=O)N(c2ccc(N)cc2)c2ccc(-c3ccc(N)cc3)cc2C(N)=O)cc1. The molecule has 0 aliphatic heterocycles. The first-order valence-corrected chi connectivity index (χ1v) is 10.6. The molecule has 3 amide bonds. The van der Waals surface area contributed by atoms with Crippen LogP contribution in [0.15, 0.2) is 91.0 Å². The number of amides is 3. The highest BCUT2D eigenvalue weighted by Gasteiger charge is 2.25. The van der Waals surface area contributed by atoms with E-state index in [2.05, 4.69) is 0 Å². The van der Waals surface area contributed by atoms with Gasteiger partial charge in [-0.1, -0.05) is 18.2 Å². The zero-order valence-corrected chi connectivity index (χ0v) is 18.6. The van der Waals surface area contributed by atoms with E-state index < -0.39 is 17.7 Å². The Hall–Kier alpha value is -5.11. The molecule has 4 rings (SSSR count). The van der Waals surface area contributed by atoms with Crippen LogP contribution in [0.5, 0.6) is 0 Å². The van der Waals surface area contributed by atoms with Crippen LogP contribution in [0, 0.1) is 0 Å². The van der Waals surface area contributed by atoms with Crippen molar-refractivity contribution in [1.82, 2.24) is 0 Å². The zero-order valence-electron chi connectivity index (χ0n) is 18.6. The van der Waals surface area contributed by atoms with Crippen LogP contribution in [0.25, 0.3) is 11.1 Å². The van der Waals surface area contributed by atoms with Gasteiger partial charge in [0, 0.05) is 28.2 Å². The van der Waals surface area contributed by atoms with Crippen molar-refractivity contribution in [2.45, 2.75) is 0 Å². The third-order valence-corrected chi connectivity index (χ3v) is 5.52. The number of nitrogens with zero attached hydrogens (tertiary/aromatic N) is 1. The molecule has 35 heavy (non-hydrogen) atoms. The normalized spacial score (nSPS) is 10.5. The summed E-state index contributed by atoms with van der Waals surface area (Å²) in [6, 6.07) is 24.8. The zero-order chi connectivity index (χ0) is 25.1. The van der Waals surface area contributed by atoms with Crippen molar-refractivity contribution >= 4 is 40.5 Å². The fraction of sp³-hybridized carbons (Fsp3) is 0. The van der Waals surface area contributed by atoms with Gasteiger partial charge in [-0.05, 0) is 83.9 Å². The Kier molecular flexibility index (Phi) is 6.19. The van der Waals surface area contributed by atoms with E-state index in [9.17, 15) is 14.4 Å². The first-order chi connectivity index (χ1) is 16.7. The van der Waals surface area contributed by atoms with Crippen LogP contribution in [0.4, 0.5) is 22.7 Å². The predicted molar refractivity (Wildman–Crippen MR) is 137 cm³/mol. The van der Waals surface area contributed by atoms with E-state index in [1.165, 1.54) is 29.2 Å². The van der Waals surface area contributed by atoms with Crippen LogP contribution in [-0.2, 0) is 0 Å². The topological polar surface area (TPSA) is 159 Å². The molecule has 0 aromatic heterocycles. The molecule has 0 radical (unpaired) electrons. The van der Waals surface area contributed by atoms with Crippen LogP contribution in [0.3, 0.4) is 0 Å². The molecule has 4 aromatic carbocycles. The molecule has 0 saturated heterocycles. The van der Waals surface area contributed by atoms with Gasteiger partial charge in [0.2, 0.25) is 5.91 Å². The fourth-order valence-corrected chi connectivity index (χ4v) is 3.68. The number of hydrogen-bond donors (Lipinski definition) is 4. The molecule has 0 spiro atoms. The van der Waals surface area contributed by atoms with Gasteiger partial charge in [0.15, 0.2) is 0 Å². The Bertz CT molecular complexity index is 1410. The average Bonchev–Trinajstić information content (AvgIpc) is 2.86. The summed E-state index contributed by atoms with van der Waals surface area (Å²) in [4.78, 5) is 39.0. The summed E-state index contributed by atoms with van der Waals surface area (Å²) in [6.07, 6.45) is 0. The van der Waals surface area contributed by atoms with E-state index in [1.54, 1.807) is 54.6 Å². The second-order valence-electron chi connectivity index (χ2n) is 7.89. The second-order valence-corrected chi connectivity index (χ2v) is 7.89. The molecule has 0 unspecified atom stereocenters. The molecular formula is C27H23N5O3. The van der Waals surface area contributed by atoms with Crippen molar-refractivity contribution in [1.29, 1.82) is 0 Å². The number of nitrogens with two attached hydrogens (primary N) is 4. The van der Waals surface area contributed by atoms with Gasteiger partial charge in [-0.25, -0.2) is 0 Å². The highest BCUT2D eigenvalue weighted by Crippen LogP contribution is 2.34. The lowest BCUT2D eigenvalue weighted by Gasteiger charge is -2.25. The van der Waals surface area contributed by atoms with Crippen LogP contribution in [-0.4, -0.2) is 17.7 Å². The van der Waals surface area contributed by atoms with E-state index in [0.717, 1.165) is 11.1 Å². The van der Waals surface area contributed by atoms with Gasteiger partial charge in [-0.2, -0.15) is 0 Å². The van der Waals surface area contributed by atoms with Crippen molar-refractivity contribution in [2.75, 3.05) is 16.4 Å². The Labute approximate surface area is 201 Å². The number of carbonyl (C=O) groups excluding carboxylic acids is 3. The second kappa shape index (κ2) is 9.40. The Morgan fingerprint density at radius 2 is 1.09 bits per heavy atom. The third-order valence-electron chi connectivity index (χ3n) is 5.52. The van der Waals surface area contributed by atoms with Crippen molar-refractivity contribution < 1.29 is 14.4 Å². The molecule has 8 N–H and O–H groups in total. The van der Waals surface area contributed by atoms with E-state index in [0.29, 0.717) is 22.7 Å². The third kappa shape index (κ3) is 4.81. The van der Waals surface area contributed by atoms with Gasteiger partial charge >= 0.3 is 0 Å². The van der Waals surface area contributed by atoms with Gasteiger partial charge in [-0.3, -0.25) is 19.3 Å². The Morgan fingerprint density at radius 3 is 1.63 bits per heavy atom. The maximum Gasteiger partial charge on any atom is 0.262 e. The van der Waals surface area contributed by atoms with Gasteiger partial charge < -0.3 is 22.9 Å². The fourth-order valence-electron chi connectivity index (χ4n) is 3.68. The molecule has 8 nitrogen and oxygen atoms in total. The maximum absolute atomic E-state index is 13.7. The lowest BCUT2D eigenvalue weighted by Crippen LogP contribution is -2.29. The predicted octanol–water partition coefficient (Wildman–Crippen LogP) is 3.69. The van der Waals surface area contributed by atoms with Crippen LogP contribution < -0.4 is 27.8 Å². The first-order valence-electron chi connectivity index (χ1n) is 10.6. The standard InChI is InChI=1S/C27H23N5O3/c28-20-8-5-16(6-9-20)19-7-14-24(23(15-19)26(31)34)32(22-12-10-21(29)11-13-22)27(35)18-3-1-17(2-4-18)25(30)33/h1-15H,28-29H2,(H2,30,33)(H2,31,34). The lowest BCUT2D eigenvalue weighted by molar-refractivity contribution is 0.0985. The highest BCUT2D eigenvalue weighted by atomic mass is 16.2. The largest absolute Gasteiger partial charge is 0.399 e. The number of nitrogen functional groups attached to an aromatic ring is 2. The average molecular weight is 466 g/mol. The van der Waals surface area contributed by atoms with E-state index >= 15 is 0 Å². The number of carbonyl (C=O) groups is 3. The lowest BCUT2D eigenvalue weighted by atomic mass is 9.99. The molecule has 0 fully saturated rings. The van der Waals surface area contributed by atoms with E-state index in [-0.39, 0.29) is 16.7 Å². The van der Waals surface area contributed by atoms with Crippen LogP contribution in [0.1, 0.15) is 31.1 Å².